The van der Waals surface area contributed by atoms with Crippen LogP contribution in [-0.4, -0.2) is 35.7 Å². The van der Waals surface area contributed by atoms with E-state index in [4.69, 9.17) is 0 Å². The molecule has 2 N–H and O–H groups in total. The molecule has 2 aliphatic rings. The standard InChI is InChI=1S/C23H23F2N3O3/c24-16-6-7-19(20(25)12-16)23(31)28-10-8-15(9-11-28)22(30)27-18-3-1-2-17(13-18)26-21(29)14-4-5-14/h1-3,6-7,12-15H,4-5,8-11H2,(H,26,29)(H,27,30). The molecule has 1 saturated carbocycles. The van der Waals surface area contributed by atoms with Gasteiger partial charge in [-0.05, 0) is 56.0 Å². The van der Waals surface area contributed by atoms with Crippen molar-refractivity contribution < 1.29 is 23.2 Å². The lowest BCUT2D eigenvalue weighted by molar-refractivity contribution is -0.121. The quantitative estimate of drug-likeness (QED) is 0.762. The molecule has 2 aromatic rings. The summed E-state index contributed by atoms with van der Waals surface area (Å²) < 4.78 is 27.0. The molecule has 0 radical (unpaired) electrons. The number of piperidine rings is 1. The van der Waals surface area contributed by atoms with Crippen LogP contribution < -0.4 is 10.6 Å². The monoisotopic (exact) mass is 427 g/mol. The van der Waals surface area contributed by atoms with Crippen LogP contribution in [0.15, 0.2) is 42.5 Å². The Balaban J connectivity index is 1.31. The average Bonchev–Trinajstić information content (AvgIpc) is 3.59. The lowest BCUT2D eigenvalue weighted by Gasteiger charge is -2.31. The number of nitrogens with one attached hydrogen (secondary N) is 2. The van der Waals surface area contributed by atoms with Gasteiger partial charge in [0.1, 0.15) is 11.6 Å². The smallest absolute Gasteiger partial charge is 0.256 e. The largest absolute Gasteiger partial charge is 0.339 e. The number of anilines is 2. The highest BCUT2D eigenvalue weighted by atomic mass is 19.1. The predicted molar refractivity (Wildman–Crippen MR) is 111 cm³/mol. The first-order valence-electron chi connectivity index (χ1n) is 10.4. The van der Waals surface area contributed by atoms with Gasteiger partial charge in [0.15, 0.2) is 0 Å². The SMILES string of the molecule is O=C(Nc1cccc(NC(=O)C2CCN(C(=O)c3ccc(F)cc3F)CC2)c1)C1CC1. The highest BCUT2D eigenvalue weighted by Gasteiger charge is 2.30. The Labute approximate surface area is 178 Å². The molecule has 0 unspecified atom stereocenters. The normalized spacial score (nSPS) is 16.6. The molecular weight excluding hydrogens is 404 g/mol. The first-order chi connectivity index (χ1) is 14.9. The van der Waals surface area contributed by atoms with E-state index in [1.165, 1.54) is 4.90 Å². The number of benzene rings is 2. The molecule has 3 amide bonds. The second-order valence-electron chi connectivity index (χ2n) is 8.02. The van der Waals surface area contributed by atoms with Crippen LogP contribution in [0.2, 0.25) is 0 Å². The Bertz CT molecular complexity index is 1010. The maximum Gasteiger partial charge on any atom is 0.256 e. The minimum Gasteiger partial charge on any atom is -0.339 e. The zero-order chi connectivity index (χ0) is 22.0. The molecular formula is C23H23F2N3O3. The van der Waals surface area contributed by atoms with E-state index in [1.807, 2.05) is 0 Å². The third-order valence-corrected chi connectivity index (χ3v) is 5.66. The summed E-state index contributed by atoms with van der Waals surface area (Å²) in [5, 5.41) is 5.72. The van der Waals surface area contributed by atoms with Crippen LogP contribution in [0.25, 0.3) is 0 Å². The van der Waals surface area contributed by atoms with Crippen molar-refractivity contribution in [3.05, 3.63) is 59.7 Å². The van der Waals surface area contributed by atoms with Gasteiger partial charge in [-0.1, -0.05) is 6.07 Å². The van der Waals surface area contributed by atoms with Crippen molar-refractivity contribution in [3.8, 4) is 0 Å². The van der Waals surface area contributed by atoms with Crippen LogP contribution in [0.1, 0.15) is 36.0 Å². The van der Waals surface area contributed by atoms with Crippen LogP contribution in [0.3, 0.4) is 0 Å². The van der Waals surface area contributed by atoms with Crippen LogP contribution in [0, 0.1) is 23.5 Å². The molecule has 0 spiro atoms. The predicted octanol–water partition coefficient (Wildman–Crippen LogP) is 3.80. The summed E-state index contributed by atoms with van der Waals surface area (Å²) in [6, 6.07) is 9.88. The van der Waals surface area contributed by atoms with Crippen molar-refractivity contribution in [3.63, 3.8) is 0 Å². The molecule has 6 nitrogen and oxygen atoms in total. The zero-order valence-electron chi connectivity index (χ0n) is 16.9. The van der Waals surface area contributed by atoms with Gasteiger partial charge in [-0.25, -0.2) is 8.78 Å². The van der Waals surface area contributed by atoms with Crippen LogP contribution in [-0.2, 0) is 9.59 Å². The Morgan fingerprint density at radius 2 is 1.39 bits per heavy atom. The number of rotatable bonds is 5. The Morgan fingerprint density at radius 3 is 1.94 bits per heavy atom. The van der Waals surface area contributed by atoms with E-state index >= 15 is 0 Å². The number of halogens is 2. The van der Waals surface area contributed by atoms with E-state index < -0.39 is 17.5 Å². The molecule has 0 atom stereocenters. The number of hydrogen-bond donors (Lipinski definition) is 2. The van der Waals surface area contributed by atoms with Gasteiger partial charge in [-0.3, -0.25) is 14.4 Å². The lowest BCUT2D eigenvalue weighted by Crippen LogP contribution is -2.41. The number of nitrogens with zero attached hydrogens (tertiary/aromatic N) is 1. The van der Waals surface area contributed by atoms with E-state index in [0.29, 0.717) is 43.4 Å². The van der Waals surface area contributed by atoms with Gasteiger partial charge in [0.05, 0.1) is 5.56 Å². The van der Waals surface area contributed by atoms with Crippen LogP contribution in [0.4, 0.5) is 20.2 Å². The minimum absolute atomic E-state index is 0.00175. The fourth-order valence-electron chi connectivity index (χ4n) is 3.69. The van der Waals surface area contributed by atoms with Crippen molar-refractivity contribution in [1.29, 1.82) is 0 Å². The molecule has 0 aromatic heterocycles. The molecule has 2 aromatic carbocycles. The summed E-state index contributed by atoms with van der Waals surface area (Å²) in [4.78, 5) is 38.5. The summed E-state index contributed by atoms with van der Waals surface area (Å²) in [6.07, 6.45) is 2.71. The Morgan fingerprint density at radius 1 is 0.806 bits per heavy atom. The van der Waals surface area contributed by atoms with Gasteiger partial charge in [0.2, 0.25) is 11.8 Å². The number of carbonyl (C=O) groups excluding carboxylic acids is 3. The number of hydrogen-bond acceptors (Lipinski definition) is 3. The van der Waals surface area contributed by atoms with Gasteiger partial charge in [-0.2, -0.15) is 0 Å². The van der Waals surface area contributed by atoms with Crippen molar-refractivity contribution in [2.24, 2.45) is 11.8 Å². The van der Waals surface area contributed by atoms with Gasteiger partial charge in [-0.15, -0.1) is 0 Å². The highest BCUT2D eigenvalue weighted by Crippen LogP contribution is 2.30. The summed E-state index contributed by atoms with van der Waals surface area (Å²) in [6.45, 7) is 0.621. The fourth-order valence-corrected chi connectivity index (χ4v) is 3.69. The van der Waals surface area contributed by atoms with Crippen molar-refractivity contribution >= 4 is 29.1 Å². The molecule has 0 bridgehead atoms. The molecule has 2 fully saturated rings. The zero-order valence-corrected chi connectivity index (χ0v) is 16.9. The van der Waals surface area contributed by atoms with Crippen molar-refractivity contribution in [2.75, 3.05) is 23.7 Å². The molecule has 1 aliphatic heterocycles. The van der Waals surface area contributed by atoms with Crippen LogP contribution >= 0.6 is 0 Å². The van der Waals surface area contributed by atoms with Gasteiger partial charge < -0.3 is 15.5 Å². The second kappa shape index (κ2) is 8.83. The summed E-state index contributed by atoms with van der Waals surface area (Å²) in [5.74, 6) is -2.49. The van der Waals surface area contributed by atoms with E-state index in [2.05, 4.69) is 10.6 Å². The molecule has 31 heavy (non-hydrogen) atoms. The summed E-state index contributed by atoms with van der Waals surface area (Å²) >= 11 is 0. The van der Waals surface area contributed by atoms with Crippen molar-refractivity contribution in [2.45, 2.75) is 25.7 Å². The van der Waals surface area contributed by atoms with E-state index in [0.717, 1.165) is 25.0 Å². The Kier molecular flexibility index (Phi) is 5.97. The van der Waals surface area contributed by atoms with Gasteiger partial charge in [0, 0.05) is 42.4 Å². The second-order valence-corrected chi connectivity index (χ2v) is 8.02. The fraction of sp³-hybridized carbons (Fsp3) is 0.348. The first-order valence-corrected chi connectivity index (χ1v) is 10.4. The first kappa shape index (κ1) is 21.0. The van der Waals surface area contributed by atoms with Crippen molar-refractivity contribution in [1.82, 2.24) is 4.90 Å². The number of carbonyl (C=O) groups is 3. The Hall–Kier alpha value is -3.29. The molecule has 1 aliphatic carbocycles. The van der Waals surface area contributed by atoms with E-state index in [-0.39, 0.29) is 29.2 Å². The molecule has 8 heteroatoms. The molecule has 1 heterocycles. The van der Waals surface area contributed by atoms with E-state index in [1.54, 1.807) is 24.3 Å². The molecule has 162 valence electrons. The van der Waals surface area contributed by atoms with Gasteiger partial charge in [0.25, 0.3) is 5.91 Å². The molecule has 1 saturated heterocycles. The third kappa shape index (κ3) is 5.07. The van der Waals surface area contributed by atoms with Gasteiger partial charge >= 0.3 is 0 Å². The molecule has 4 rings (SSSR count). The summed E-state index contributed by atoms with van der Waals surface area (Å²) in [5.41, 5.74) is 1.05. The third-order valence-electron chi connectivity index (χ3n) is 5.66. The minimum atomic E-state index is -0.890. The lowest BCUT2D eigenvalue weighted by atomic mass is 9.95. The number of likely N-dealkylation sites (tertiary alicyclic amines) is 1. The average molecular weight is 427 g/mol. The number of amides is 3. The highest BCUT2D eigenvalue weighted by molar-refractivity contribution is 5.97. The van der Waals surface area contributed by atoms with E-state index in [9.17, 15) is 23.2 Å². The summed E-state index contributed by atoms with van der Waals surface area (Å²) in [7, 11) is 0. The van der Waals surface area contributed by atoms with Crippen LogP contribution in [0.5, 0.6) is 0 Å². The maximum absolute atomic E-state index is 13.9. The topological polar surface area (TPSA) is 78.5 Å². The maximum atomic E-state index is 13.9.